The van der Waals surface area contributed by atoms with Gasteiger partial charge in [0, 0.05) is 24.2 Å². The van der Waals surface area contributed by atoms with Crippen LogP contribution in [0.4, 0.5) is 5.69 Å². The van der Waals surface area contributed by atoms with Crippen LogP contribution in [0.3, 0.4) is 0 Å². The molecule has 0 aliphatic rings. The zero-order chi connectivity index (χ0) is 33.5. The summed E-state index contributed by atoms with van der Waals surface area (Å²) in [5, 5.41) is 14.8. The molecular formula is C33H39N5O7. The van der Waals surface area contributed by atoms with Crippen molar-refractivity contribution < 1.29 is 29.0 Å². The fourth-order valence-electron chi connectivity index (χ4n) is 4.40. The third-order valence-electron chi connectivity index (χ3n) is 6.68. The Morgan fingerprint density at radius 2 is 1.76 bits per heavy atom. The Bertz CT molecular complexity index is 1680. The number of benzene rings is 2. The molecule has 4 N–H and O–H groups in total. The molecule has 2 aromatic carbocycles. The van der Waals surface area contributed by atoms with Gasteiger partial charge in [-0.3, -0.25) is 14.4 Å². The lowest BCUT2D eigenvalue weighted by Gasteiger charge is -2.25. The van der Waals surface area contributed by atoms with Crippen LogP contribution >= 0.6 is 0 Å². The van der Waals surface area contributed by atoms with Gasteiger partial charge in [0.15, 0.2) is 0 Å². The van der Waals surface area contributed by atoms with Crippen molar-refractivity contribution in [3.8, 4) is 12.3 Å². The first kappa shape index (κ1) is 34.3. The summed E-state index contributed by atoms with van der Waals surface area (Å²) in [6.07, 6.45) is 5.30. The van der Waals surface area contributed by atoms with E-state index < -0.39 is 40.9 Å². The minimum Gasteiger partial charge on any atom is -0.480 e. The van der Waals surface area contributed by atoms with Crippen LogP contribution in [0.5, 0.6) is 0 Å². The zero-order valence-corrected chi connectivity index (χ0v) is 26.3. The second-order valence-electron chi connectivity index (χ2n) is 12.2. The SMILES string of the molecule is C#CCN(Cc1ccc2nc(C)[nH]c(=O)c2c1)c1ccc(C(=O)N[C@@H](CCC(=O)NC(C)(C)C(=O)O)C(=O)OC(C)(C)C)cc1. The lowest BCUT2D eigenvalue weighted by molar-refractivity contribution is -0.157. The van der Waals surface area contributed by atoms with Gasteiger partial charge < -0.3 is 30.4 Å². The number of hydrogen-bond donors (Lipinski definition) is 4. The van der Waals surface area contributed by atoms with Gasteiger partial charge in [0.1, 0.15) is 23.0 Å². The van der Waals surface area contributed by atoms with Crippen molar-refractivity contribution in [2.24, 2.45) is 0 Å². The number of fused-ring (bicyclic) bond motifs is 1. The highest BCUT2D eigenvalue weighted by molar-refractivity contribution is 5.97. The van der Waals surface area contributed by atoms with E-state index in [2.05, 4.69) is 26.5 Å². The first-order valence-electron chi connectivity index (χ1n) is 14.4. The van der Waals surface area contributed by atoms with E-state index >= 15 is 0 Å². The molecule has 12 nitrogen and oxygen atoms in total. The van der Waals surface area contributed by atoms with E-state index in [9.17, 15) is 29.1 Å². The van der Waals surface area contributed by atoms with E-state index in [0.717, 1.165) is 11.3 Å². The number of aromatic amines is 1. The summed E-state index contributed by atoms with van der Waals surface area (Å²) in [4.78, 5) is 71.3. The number of hydrogen-bond acceptors (Lipinski definition) is 8. The third-order valence-corrected chi connectivity index (χ3v) is 6.68. The van der Waals surface area contributed by atoms with Crippen molar-refractivity contribution in [2.45, 2.75) is 78.1 Å². The van der Waals surface area contributed by atoms with Gasteiger partial charge in [0.25, 0.3) is 11.5 Å². The molecule has 1 aromatic heterocycles. The van der Waals surface area contributed by atoms with Crippen molar-refractivity contribution in [1.29, 1.82) is 0 Å². The number of esters is 1. The average Bonchev–Trinajstić information content (AvgIpc) is 2.94. The summed E-state index contributed by atoms with van der Waals surface area (Å²) in [6.45, 7) is 10.1. The van der Waals surface area contributed by atoms with Crippen LogP contribution in [0.15, 0.2) is 47.3 Å². The standard InChI is InChI=1S/C33H39N5O7/c1-8-17-38(19-21-9-14-25-24(18-21)29(41)35-20(2)34-25)23-12-10-22(11-13-23)28(40)36-26(30(42)45-32(3,4)5)15-16-27(39)37-33(6,7)31(43)44/h1,9-14,18,26H,15-17,19H2,2-7H3,(H,36,40)(H,37,39)(H,43,44)(H,34,35,41)/t26-/m0/s1. The van der Waals surface area contributed by atoms with E-state index in [1.165, 1.54) is 13.8 Å². The van der Waals surface area contributed by atoms with Gasteiger partial charge in [-0.15, -0.1) is 6.42 Å². The molecule has 0 unspecified atom stereocenters. The summed E-state index contributed by atoms with van der Waals surface area (Å²) in [7, 11) is 0. The van der Waals surface area contributed by atoms with Gasteiger partial charge in [0.2, 0.25) is 5.91 Å². The van der Waals surface area contributed by atoms with Crippen LogP contribution in [0.2, 0.25) is 0 Å². The molecular weight excluding hydrogens is 578 g/mol. The fourth-order valence-corrected chi connectivity index (χ4v) is 4.40. The Kier molecular flexibility index (Phi) is 10.7. The number of H-pyrrole nitrogens is 1. The summed E-state index contributed by atoms with van der Waals surface area (Å²) in [6, 6.07) is 10.9. The van der Waals surface area contributed by atoms with E-state index in [-0.39, 0.29) is 30.5 Å². The molecule has 0 aliphatic heterocycles. The van der Waals surface area contributed by atoms with E-state index in [4.69, 9.17) is 11.2 Å². The molecule has 0 saturated carbocycles. The van der Waals surface area contributed by atoms with Gasteiger partial charge in [-0.2, -0.15) is 0 Å². The molecule has 3 rings (SSSR count). The molecule has 1 atom stereocenters. The van der Waals surface area contributed by atoms with Crippen molar-refractivity contribution in [1.82, 2.24) is 20.6 Å². The number of anilines is 1. The number of rotatable bonds is 12. The van der Waals surface area contributed by atoms with Gasteiger partial charge >= 0.3 is 11.9 Å². The van der Waals surface area contributed by atoms with E-state index in [0.29, 0.717) is 23.3 Å². The summed E-state index contributed by atoms with van der Waals surface area (Å²) in [5.74, 6) is 0.0652. The number of amides is 2. The predicted molar refractivity (Wildman–Crippen MR) is 170 cm³/mol. The third kappa shape index (κ3) is 9.66. The predicted octanol–water partition coefficient (Wildman–Crippen LogP) is 3.07. The lowest BCUT2D eigenvalue weighted by atomic mass is 10.0. The Morgan fingerprint density at radius 1 is 1.09 bits per heavy atom. The molecule has 0 radical (unpaired) electrons. The fraction of sp³-hybridized carbons (Fsp3) is 0.394. The largest absolute Gasteiger partial charge is 0.480 e. The summed E-state index contributed by atoms with van der Waals surface area (Å²) < 4.78 is 5.45. The molecule has 3 aromatic rings. The minimum atomic E-state index is -1.50. The maximum absolute atomic E-state index is 13.2. The number of carbonyl (C=O) groups is 4. The first-order chi connectivity index (χ1) is 21.0. The van der Waals surface area contributed by atoms with Gasteiger partial charge in [-0.25, -0.2) is 14.6 Å². The topological polar surface area (TPSA) is 171 Å². The molecule has 0 aliphatic carbocycles. The quantitative estimate of drug-likeness (QED) is 0.176. The number of ether oxygens (including phenoxy) is 1. The number of aryl methyl sites for hydroxylation is 1. The molecule has 0 saturated heterocycles. The Hall–Kier alpha value is -5.18. The Labute approximate surface area is 261 Å². The second kappa shape index (κ2) is 14.1. The van der Waals surface area contributed by atoms with E-state index in [1.807, 2.05) is 11.0 Å². The van der Waals surface area contributed by atoms with Crippen LogP contribution < -0.4 is 21.1 Å². The second-order valence-corrected chi connectivity index (χ2v) is 12.2. The maximum Gasteiger partial charge on any atom is 0.329 e. The number of nitrogens with one attached hydrogen (secondary N) is 3. The summed E-state index contributed by atoms with van der Waals surface area (Å²) >= 11 is 0. The van der Waals surface area contributed by atoms with Gasteiger partial charge in [-0.05, 0) is 89.9 Å². The van der Waals surface area contributed by atoms with Crippen LogP contribution in [0.1, 0.15) is 69.2 Å². The van der Waals surface area contributed by atoms with Crippen molar-refractivity contribution in [2.75, 3.05) is 11.4 Å². The lowest BCUT2D eigenvalue weighted by Crippen LogP contribution is -2.50. The average molecular weight is 618 g/mol. The highest BCUT2D eigenvalue weighted by atomic mass is 16.6. The number of carbonyl (C=O) groups excluding carboxylic acids is 3. The smallest absolute Gasteiger partial charge is 0.329 e. The molecule has 12 heteroatoms. The number of carboxylic acids is 1. The normalized spacial score (nSPS) is 12.1. The maximum atomic E-state index is 13.2. The first-order valence-corrected chi connectivity index (χ1v) is 14.4. The molecule has 0 bridgehead atoms. The van der Waals surface area contributed by atoms with Crippen LogP contribution in [-0.2, 0) is 25.7 Å². The van der Waals surface area contributed by atoms with E-state index in [1.54, 1.807) is 64.1 Å². The Balaban J connectivity index is 1.75. The van der Waals surface area contributed by atoms with Crippen molar-refractivity contribution >= 4 is 40.3 Å². The van der Waals surface area contributed by atoms with Gasteiger partial charge in [0.05, 0.1) is 17.4 Å². The summed E-state index contributed by atoms with van der Waals surface area (Å²) in [5.41, 5.74) is -0.166. The zero-order valence-electron chi connectivity index (χ0n) is 26.3. The van der Waals surface area contributed by atoms with Crippen LogP contribution in [-0.4, -0.2) is 62.6 Å². The van der Waals surface area contributed by atoms with Gasteiger partial charge in [-0.1, -0.05) is 12.0 Å². The molecule has 45 heavy (non-hydrogen) atoms. The number of aliphatic carboxylic acids is 1. The monoisotopic (exact) mass is 617 g/mol. The van der Waals surface area contributed by atoms with Crippen LogP contribution in [0.25, 0.3) is 10.9 Å². The van der Waals surface area contributed by atoms with Crippen molar-refractivity contribution in [3.63, 3.8) is 0 Å². The molecule has 1 heterocycles. The Morgan fingerprint density at radius 3 is 2.36 bits per heavy atom. The number of aromatic nitrogens is 2. The number of nitrogens with zero attached hydrogens (tertiary/aromatic N) is 2. The molecule has 0 spiro atoms. The molecule has 238 valence electrons. The molecule has 2 amide bonds. The highest BCUT2D eigenvalue weighted by Crippen LogP contribution is 2.20. The number of carboxylic acid groups (broad SMARTS) is 1. The highest BCUT2D eigenvalue weighted by Gasteiger charge is 2.31. The number of terminal acetylenes is 1. The minimum absolute atomic E-state index is 0.111. The van der Waals surface area contributed by atoms with Crippen molar-refractivity contribution in [3.05, 3.63) is 69.8 Å². The molecule has 0 fully saturated rings. The van der Waals surface area contributed by atoms with Crippen LogP contribution in [0, 0.1) is 19.3 Å².